The van der Waals surface area contributed by atoms with Crippen molar-refractivity contribution in [3.63, 3.8) is 0 Å². The minimum Gasteiger partial charge on any atom is -0.380 e. The van der Waals surface area contributed by atoms with E-state index in [9.17, 15) is 13.2 Å². The smallest absolute Gasteiger partial charge is 0.380 e. The van der Waals surface area contributed by atoms with Crippen molar-refractivity contribution in [2.45, 2.75) is 12.6 Å². The Morgan fingerprint density at radius 1 is 1.06 bits per heavy atom. The van der Waals surface area contributed by atoms with Crippen molar-refractivity contribution in [2.24, 2.45) is 0 Å². The molecule has 0 rings (SSSR count). The lowest BCUT2D eigenvalue weighted by molar-refractivity contribution is -0.173. The zero-order valence-electron chi connectivity index (χ0n) is 9.18. The van der Waals surface area contributed by atoms with Crippen LogP contribution in [0.25, 0.3) is 0 Å². The van der Waals surface area contributed by atoms with Gasteiger partial charge in [-0.3, -0.25) is 0 Å². The Kier molecular flexibility index (Phi) is 9.27. The zero-order chi connectivity index (χ0) is 12.3. The minimum atomic E-state index is -4.24. The van der Waals surface area contributed by atoms with Gasteiger partial charge in [0.1, 0.15) is 6.61 Å². The summed E-state index contributed by atoms with van der Waals surface area (Å²) in [4.78, 5) is 0. The van der Waals surface area contributed by atoms with Crippen LogP contribution in [0.5, 0.6) is 0 Å². The second-order valence-electron chi connectivity index (χ2n) is 3.11. The minimum absolute atomic E-state index is 0.0478. The summed E-state index contributed by atoms with van der Waals surface area (Å²) in [6, 6.07) is 0. The fourth-order valence-corrected chi connectivity index (χ4v) is 0.870. The van der Waals surface area contributed by atoms with E-state index >= 15 is 0 Å². The molecule has 6 heteroatoms. The van der Waals surface area contributed by atoms with Gasteiger partial charge in [0.05, 0.1) is 19.8 Å². The average Bonchev–Trinajstić information content (AvgIpc) is 2.19. The van der Waals surface area contributed by atoms with E-state index in [-0.39, 0.29) is 6.61 Å². The molecule has 0 aliphatic carbocycles. The molecule has 0 heterocycles. The molecule has 0 aliphatic heterocycles. The first-order valence-electron chi connectivity index (χ1n) is 5.10. The van der Waals surface area contributed by atoms with Crippen LogP contribution in [0.3, 0.4) is 0 Å². The Labute approximate surface area is 93.6 Å². The highest BCUT2D eigenvalue weighted by atomic mass is 19.4. The van der Waals surface area contributed by atoms with Crippen LogP contribution in [0, 0.1) is 0 Å². The molecule has 0 aromatic heterocycles. The van der Waals surface area contributed by atoms with Gasteiger partial charge in [-0.05, 0) is 6.42 Å². The molecule has 0 amide bonds. The summed E-state index contributed by atoms with van der Waals surface area (Å²) in [5.74, 6) is 0. The molecule has 16 heavy (non-hydrogen) atoms. The first-order valence-corrected chi connectivity index (χ1v) is 5.10. The summed E-state index contributed by atoms with van der Waals surface area (Å²) in [5, 5.41) is 2.91. The van der Waals surface area contributed by atoms with Gasteiger partial charge in [-0.25, -0.2) is 0 Å². The first-order chi connectivity index (χ1) is 7.56. The Balaban J connectivity index is 3.01. The molecule has 0 radical (unpaired) electrons. The third-order valence-corrected chi connectivity index (χ3v) is 1.58. The van der Waals surface area contributed by atoms with E-state index in [1.54, 1.807) is 6.08 Å². The predicted molar refractivity (Wildman–Crippen MR) is 55.4 cm³/mol. The number of ether oxygens (including phenoxy) is 2. The fraction of sp³-hybridized carbons (Fsp3) is 0.800. The highest BCUT2D eigenvalue weighted by Crippen LogP contribution is 2.13. The molecular weight excluding hydrogens is 223 g/mol. The molecule has 0 saturated heterocycles. The standard InChI is InChI=1S/C10H18F3NO2/c1-2-3-6-15-7-4-14-5-8-16-9-10(11,12)13/h2,14H,1,3-9H2. The van der Waals surface area contributed by atoms with Gasteiger partial charge in [0.15, 0.2) is 0 Å². The van der Waals surface area contributed by atoms with Crippen molar-refractivity contribution in [3.8, 4) is 0 Å². The third-order valence-electron chi connectivity index (χ3n) is 1.58. The van der Waals surface area contributed by atoms with Gasteiger partial charge in [0, 0.05) is 13.1 Å². The van der Waals surface area contributed by atoms with E-state index < -0.39 is 12.8 Å². The number of alkyl halides is 3. The Morgan fingerprint density at radius 2 is 1.69 bits per heavy atom. The van der Waals surface area contributed by atoms with Crippen molar-refractivity contribution in [2.75, 3.05) is 39.5 Å². The largest absolute Gasteiger partial charge is 0.411 e. The van der Waals surface area contributed by atoms with Crippen molar-refractivity contribution < 1.29 is 22.6 Å². The predicted octanol–water partition coefficient (Wildman–Crippen LogP) is 1.75. The Morgan fingerprint density at radius 3 is 2.25 bits per heavy atom. The van der Waals surface area contributed by atoms with Gasteiger partial charge >= 0.3 is 6.18 Å². The molecule has 0 fully saturated rings. The van der Waals surface area contributed by atoms with Gasteiger partial charge in [0.25, 0.3) is 0 Å². The monoisotopic (exact) mass is 241 g/mol. The molecule has 0 unspecified atom stereocenters. The summed E-state index contributed by atoms with van der Waals surface area (Å²) >= 11 is 0. The summed E-state index contributed by atoms with van der Waals surface area (Å²) in [5.41, 5.74) is 0. The van der Waals surface area contributed by atoms with Gasteiger partial charge in [-0.2, -0.15) is 13.2 Å². The van der Waals surface area contributed by atoms with E-state index in [2.05, 4.69) is 16.6 Å². The Bertz CT molecular complexity index is 174. The number of rotatable bonds is 10. The average molecular weight is 241 g/mol. The number of hydrogen-bond acceptors (Lipinski definition) is 3. The van der Waals surface area contributed by atoms with Gasteiger partial charge in [-0.15, -0.1) is 6.58 Å². The molecule has 96 valence electrons. The molecule has 0 aromatic rings. The topological polar surface area (TPSA) is 30.5 Å². The lowest BCUT2D eigenvalue weighted by atomic mass is 10.4. The van der Waals surface area contributed by atoms with Crippen LogP contribution in [0.15, 0.2) is 12.7 Å². The molecule has 0 bridgehead atoms. The summed E-state index contributed by atoms with van der Waals surface area (Å²) in [7, 11) is 0. The van der Waals surface area contributed by atoms with E-state index in [1.807, 2.05) is 0 Å². The van der Waals surface area contributed by atoms with E-state index in [1.165, 1.54) is 0 Å². The van der Waals surface area contributed by atoms with E-state index in [0.29, 0.717) is 26.3 Å². The van der Waals surface area contributed by atoms with Crippen LogP contribution >= 0.6 is 0 Å². The molecule has 0 saturated carbocycles. The van der Waals surface area contributed by atoms with Crippen LogP contribution in [0.2, 0.25) is 0 Å². The number of nitrogens with one attached hydrogen (secondary N) is 1. The number of hydrogen-bond donors (Lipinski definition) is 1. The van der Waals surface area contributed by atoms with E-state index in [0.717, 1.165) is 6.42 Å². The van der Waals surface area contributed by atoms with Crippen molar-refractivity contribution in [3.05, 3.63) is 12.7 Å². The van der Waals surface area contributed by atoms with Gasteiger partial charge < -0.3 is 14.8 Å². The second kappa shape index (κ2) is 9.62. The third kappa shape index (κ3) is 13.4. The maximum Gasteiger partial charge on any atom is 0.411 e. The lowest BCUT2D eigenvalue weighted by Crippen LogP contribution is -2.26. The molecule has 0 aliphatic rings. The highest BCUT2D eigenvalue weighted by molar-refractivity contribution is 4.64. The zero-order valence-corrected chi connectivity index (χ0v) is 9.18. The molecule has 1 N–H and O–H groups in total. The quantitative estimate of drug-likeness (QED) is 0.467. The maximum absolute atomic E-state index is 11.6. The maximum atomic E-state index is 11.6. The van der Waals surface area contributed by atoms with Crippen LogP contribution in [-0.4, -0.2) is 45.7 Å². The van der Waals surface area contributed by atoms with Crippen LogP contribution in [-0.2, 0) is 9.47 Å². The van der Waals surface area contributed by atoms with Crippen molar-refractivity contribution in [1.29, 1.82) is 0 Å². The van der Waals surface area contributed by atoms with Gasteiger partial charge in [-0.1, -0.05) is 6.08 Å². The first kappa shape index (κ1) is 15.4. The second-order valence-corrected chi connectivity index (χ2v) is 3.11. The van der Waals surface area contributed by atoms with Crippen LogP contribution in [0.1, 0.15) is 6.42 Å². The molecular formula is C10H18F3NO2. The van der Waals surface area contributed by atoms with E-state index in [4.69, 9.17) is 4.74 Å². The molecule has 0 spiro atoms. The molecule has 0 atom stereocenters. The molecule has 3 nitrogen and oxygen atoms in total. The number of halogens is 3. The van der Waals surface area contributed by atoms with Crippen LogP contribution < -0.4 is 5.32 Å². The highest BCUT2D eigenvalue weighted by Gasteiger charge is 2.27. The van der Waals surface area contributed by atoms with Crippen molar-refractivity contribution >= 4 is 0 Å². The van der Waals surface area contributed by atoms with Crippen molar-refractivity contribution in [1.82, 2.24) is 5.32 Å². The summed E-state index contributed by atoms with van der Waals surface area (Å²) in [6.07, 6.45) is -1.68. The summed E-state index contributed by atoms with van der Waals surface area (Å²) < 4.78 is 44.5. The van der Waals surface area contributed by atoms with Crippen LogP contribution in [0.4, 0.5) is 13.2 Å². The summed E-state index contributed by atoms with van der Waals surface area (Å²) in [6.45, 7) is 4.55. The fourth-order valence-electron chi connectivity index (χ4n) is 0.870. The lowest BCUT2D eigenvalue weighted by Gasteiger charge is -2.08. The van der Waals surface area contributed by atoms with Gasteiger partial charge in [0.2, 0.25) is 0 Å². The Hall–Kier alpha value is -0.590. The SMILES string of the molecule is C=CCCOCCNCCOCC(F)(F)F. The molecule has 0 aromatic carbocycles. The normalized spacial score (nSPS) is 11.7.